The summed E-state index contributed by atoms with van der Waals surface area (Å²) < 4.78 is 10.9. The first-order valence-corrected chi connectivity index (χ1v) is 10.8. The first-order chi connectivity index (χ1) is 16.5. The molecule has 8 heteroatoms. The average molecular weight is 457 g/mol. The summed E-state index contributed by atoms with van der Waals surface area (Å²) in [6.07, 6.45) is 0.510. The number of hydrogen-bond acceptors (Lipinski definition) is 6. The van der Waals surface area contributed by atoms with Crippen molar-refractivity contribution in [1.82, 2.24) is 10.2 Å². The van der Waals surface area contributed by atoms with Crippen LogP contribution in [0.15, 0.2) is 77.2 Å². The molecule has 0 bridgehead atoms. The Morgan fingerprint density at radius 2 is 1.65 bits per heavy atom. The van der Waals surface area contributed by atoms with Gasteiger partial charge in [0.2, 0.25) is 17.7 Å². The predicted molar refractivity (Wildman–Crippen MR) is 129 cm³/mol. The van der Waals surface area contributed by atoms with Crippen molar-refractivity contribution in [3.8, 4) is 17.2 Å². The van der Waals surface area contributed by atoms with Crippen molar-refractivity contribution < 1.29 is 18.7 Å². The number of benzene rings is 3. The Morgan fingerprint density at radius 3 is 2.38 bits per heavy atom. The predicted octanol–water partition coefficient (Wildman–Crippen LogP) is 4.88. The van der Waals surface area contributed by atoms with Crippen LogP contribution in [0.3, 0.4) is 0 Å². The minimum Gasteiger partial charge on any atom is -0.495 e. The molecule has 0 saturated carbocycles. The molecule has 34 heavy (non-hydrogen) atoms. The second-order valence-electron chi connectivity index (χ2n) is 7.65. The molecule has 1 heterocycles. The molecule has 8 nitrogen and oxygen atoms in total. The van der Waals surface area contributed by atoms with Crippen molar-refractivity contribution >= 4 is 23.2 Å². The van der Waals surface area contributed by atoms with Crippen LogP contribution in [0.1, 0.15) is 28.2 Å². The monoisotopic (exact) mass is 456 g/mol. The van der Waals surface area contributed by atoms with E-state index in [1.165, 1.54) is 0 Å². The van der Waals surface area contributed by atoms with Crippen molar-refractivity contribution in [2.24, 2.45) is 0 Å². The third-order valence-electron chi connectivity index (χ3n) is 5.12. The molecule has 172 valence electrons. The van der Waals surface area contributed by atoms with E-state index in [-0.39, 0.29) is 18.2 Å². The number of anilines is 2. The van der Waals surface area contributed by atoms with Crippen LogP contribution in [-0.4, -0.2) is 29.1 Å². The number of carbonyl (C=O) groups is 2. The fourth-order valence-electron chi connectivity index (χ4n) is 3.26. The number of nitrogens with one attached hydrogen (secondary N) is 2. The van der Waals surface area contributed by atoms with Crippen LogP contribution in [-0.2, 0) is 11.2 Å². The van der Waals surface area contributed by atoms with Gasteiger partial charge in [-0.3, -0.25) is 9.59 Å². The number of rotatable bonds is 8. The summed E-state index contributed by atoms with van der Waals surface area (Å²) in [6.45, 7) is 2.01. The first-order valence-electron chi connectivity index (χ1n) is 10.8. The number of methoxy groups -OCH3 is 1. The molecule has 0 spiro atoms. The number of nitrogens with zero attached hydrogens (tertiary/aromatic N) is 2. The van der Waals surface area contributed by atoms with Gasteiger partial charge in [0.1, 0.15) is 5.75 Å². The van der Waals surface area contributed by atoms with Crippen LogP contribution in [0, 0.1) is 6.92 Å². The Labute approximate surface area is 197 Å². The lowest BCUT2D eigenvalue weighted by Crippen LogP contribution is -2.14. The maximum atomic E-state index is 12.5. The van der Waals surface area contributed by atoms with E-state index in [2.05, 4.69) is 20.8 Å². The smallest absolute Gasteiger partial charge is 0.255 e. The van der Waals surface area contributed by atoms with E-state index in [1.54, 1.807) is 43.5 Å². The topological polar surface area (TPSA) is 106 Å². The number of ether oxygens (including phenoxy) is 1. The van der Waals surface area contributed by atoms with Crippen molar-refractivity contribution in [3.05, 3.63) is 89.8 Å². The van der Waals surface area contributed by atoms with Gasteiger partial charge in [-0.2, -0.15) is 0 Å². The molecule has 0 atom stereocenters. The Hall–Kier alpha value is -4.46. The number of amides is 2. The molecule has 4 aromatic rings. The van der Waals surface area contributed by atoms with Crippen LogP contribution in [0.2, 0.25) is 0 Å². The zero-order chi connectivity index (χ0) is 23.9. The summed E-state index contributed by atoms with van der Waals surface area (Å²) in [5.41, 5.74) is 3.61. The second-order valence-corrected chi connectivity index (χ2v) is 7.65. The summed E-state index contributed by atoms with van der Waals surface area (Å²) in [6, 6.07) is 21.6. The van der Waals surface area contributed by atoms with Gasteiger partial charge in [-0.25, -0.2) is 0 Å². The molecule has 2 amide bonds. The van der Waals surface area contributed by atoms with Gasteiger partial charge in [-0.1, -0.05) is 29.8 Å². The molecular weight excluding hydrogens is 432 g/mol. The molecule has 0 aliphatic rings. The normalized spacial score (nSPS) is 10.5. The Balaban J connectivity index is 1.29. The third kappa shape index (κ3) is 5.66. The number of para-hydroxylation sites is 2. The van der Waals surface area contributed by atoms with Crippen LogP contribution in [0.5, 0.6) is 5.75 Å². The number of carbonyl (C=O) groups excluding carboxylic acids is 2. The Bertz CT molecular complexity index is 1280. The fourth-order valence-corrected chi connectivity index (χ4v) is 3.26. The van der Waals surface area contributed by atoms with Crippen molar-refractivity contribution in [2.45, 2.75) is 19.8 Å². The van der Waals surface area contributed by atoms with Gasteiger partial charge >= 0.3 is 0 Å². The van der Waals surface area contributed by atoms with Gasteiger partial charge in [0, 0.05) is 29.7 Å². The lowest BCUT2D eigenvalue weighted by molar-refractivity contribution is -0.116. The second kappa shape index (κ2) is 10.4. The SMILES string of the molecule is COc1ccccc1NC(=O)c1ccc(NC(=O)CCc2nnc(-c3ccc(C)cc3)o2)cc1. The van der Waals surface area contributed by atoms with Crippen molar-refractivity contribution in [3.63, 3.8) is 0 Å². The fraction of sp³-hybridized carbons (Fsp3) is 0.154. The van der Waals surface area contributed by atoms with Crippen LogP contribution >= 0.6 is 0 Å². The highest BCUT2D eigenvalue weighted by atomic mass is 16.5. The summed E-state index contributed by atoms with van der Waals surface area (Å²) in [4.78, 5) is 24.9. The summed E-state index contributed by atoms with van der Waals surface area (Å²) >= 11 is 0. The molecule has 4 rings (SSSR count). The molecule has 3 aromatic carbocycles. The molecule has 0 radical (unpaired) electrons. The molecule has 0 fully saturated rings. The quantitative estimate of drug-likeness (QED) is 0.392. The standard InChI is InChI=1S/C26H24N4O4/c1-17-7-9-19(10-8-17)26-30-29-24(34-26)16-15-23(31)27-20-13-11-18(12-14-20)25(32)28-21-5-3-4-6-22(21)33-2/h3-14H,15-16H2,1-2H3,(H,27,31)(H,28,32). The maximum absolute atomic E-state index is 12.5. The van der Waals surface area contributed by atoms with E-state index >= 15 is 0 Å². The molecule has 1 aromatic heterocycles. The number of hydrogen-bond donors (Lipinski definition) is 2. The van der Waals surface area contributed by atoms with E-state index in [1.807, 2.05) is 43.3 Å². The van der Waals surface area contributed by atoms with Crippen LogP contribution < -0.4 is 15.4 Å². The largest absolute Gasteiger partial charge is 0.495 e. The molecule has 0 saturated heterocycles. The van der Waals surface area contributed by atoms with Gasteiger partial charge in [-0.15, -0.1) is 10.2 Å². The van der Waals surface area contributed by atoms with Crippen molar-refractivity contribution in [2.75, 3.05) is 17.7 Å². The van der Waals surface area contributed by atoms with E-state index < -0.39 is 0 Å². The van der Waals surface area contributed by atoms with E-state index in [4.69, 9.17) is 9.15 Å². The van der Waals surface area contributed by atoms with Crippen molar-refractivity contribution in [1.29, 1.82) is 0 Å². The molecule has 2 N–H and O–H groups in total. The van der Waals surface area contributed by atoms with Gasteiger partial charge in [0.05, 0.1) is 12.8 Å². The van der Waals surface area contributed by atoms with E-state index in [0.717, 1.165) is 11.1 Å². The van der Waals surface area contributed by atoms with Gasteiger partial charge in [0.25, 0.3) is 5.91 Å². The van der Waals surface area contributed by atoms with Crippen LogP contribution in [0.25, 0.3) is 11.5 Å². The summed E-state index contributed by atoms with van der Waals surface area (Å²) in [5.74, 6) is 0.933. The number of aryl methyl sites for hydroxylation is 2. The third-order valence-corrected chi connectivity index (χ3v) is 5.12. The van der Waals surface area contributed by atoms with E-state index in [9.17, 15) is 9.59 Å². The molecular formula is C26H24N4O4. The maximum Gasteiger partial charge on any atom is 0.255 e. The molecule has 0 aliphatic carbocycles. The lowest BCUT2D eigenvalue weighted by Gasteiger charge is -2.10. The van der Waals surface area contributed by atoms with Gasteiger partial charge < -0.3 is 19.8 Å². The highest BCUT2D eigenvalue weighted by molar-refractivity contribution is 6.05. The Morgan fingerprint density at radius 1 is 0.912 bits per heavy atom. The van der Waals surface area contributed by atoms with Crippen LogP contribution in [0.4, 0.5) is 11.4 Å². The number of aromatic nitrogens is 2. The summed E-state index contributed by atoms with van der Waals surface area (Å²) in [7, 11) is 1.55. The average Bonchev–Trinajstić information content (AvgIpc) is 3.33. The lowest BCUT2D eigenvalue weighted by atomic mass is 10.1. The zero-order valence-corrected chi connectivity index (χ0v) is 18.9. The zero-order valence-electron chi connectivity index (χ0n) is 18.9. The van der Waals surface area contributed by atoms with Gasteiger partial charge in [0.15, 0.2) is 0 Å². The highest BCUT2D eigenvalue weighted by Gasteiger charge is 2.12. The minimum absolute atomic E-state index is 0.186. The Kier molecular flexibility index (Phi) is 6.98. The first kappa shape index (κ1) is 22.7. The minimum atomic E-state index is -0.275. The summed E-state index contributed by atoms with van der Waals surface area (Å²) in [5, 5.41) is 13.7. The van der Waals surface area contributed by atoms with Gasteiger partial charge in [-0.05, 0) is 55.5 Å². The van der Waals surface area contributed by atoms with E-state index in [0.29, 0.717) is 40.9 Å². The highest BCUT2D eigenvalue weighted by Crippen LogP contribution is 2.24. The molecule has 0 aliphatic heterocycles. The molecule has 0 unspecified atom stereocenters.